The molecule has 1 amide bonds. The van der Waals surface area contributed by atoms with Crippen molar-refractivity contribution >= 4 is 18.3 Å². The van der Waals surface area contributed by atoms with Crippen molar-refractivity contribution in [3.05, 3.63) is 35.6 Å². The zero-order chi connectivity index (χ0) is 13.0. The van der Waals surface area contributed by atoms with Crippen molar-refractivity contribution in [3.63, 3.8) is 0 Å². The van der Waals surface area contributed by atoms with E-state index in [1.807, 2.05) is 6.92 Å². The highest BCUT2D eigenvalue weighted by molar-refractivity contribution is 5.86. The highest BCUT2D eigenvalue weighted by Crippen LogP contribution is 2.23. The molecule has 1 atom stereocenters. The van der Waals surface area contributed by atoms with E-state index in [0.29, 0.717) is 6.54 Å². The Hall–Kier alpha value is -1.13. The van der Waals surface area contributed by atoms with Gasteiger partial charge >= 0.3 is 0 Å². The molecule has 1 aromatic carbocycles. The first-order valence-electron chi connectivity index (χ1n) is 6.44. The normalized spacial score (nSPS) is 21.8. The lowest BCUT2D eigenvalue weighted by molar-refractivity contribution is -0.127. The van der Waals surface area contributed by atoms with Gasteiger partial charge in [0.05, 0.1) is 5.54 Å². The Balaban J connectivity index is 0.00000180. The number of carbonyl (C=O) groups is 1. The Labute approximate surface area is 119 Å². The van der Waals surface area contributed by atoms with Gasteiger partial charge in [-0.05, 0) is 43.5 Å². The van der Waals surface area contributed by atoms with Gasteiger partial charge in [-0.2, -0.15) is 0 Å². The second-order valence-corrected chi connectivity index (χ2v) is 4.78. The fraction of sp³-hybridized carbons (Fsp3) is 0.500. The van der Waals surface area contributed by atoms with Gasteiger partial charge in [-0.1, -0.05) is 19.1 Å². The second-order valence-electron chi connectivity index (χ2n) is 4.78. The van der Waals surface area contributed by atoms with Gasteiger partial charge in [0.1, 0.15) is 5.82 Å². The van der Waals surface area contributed by atoms with E-state index in [9.17, 15) is 9.18 Å². The maximum atomic E-state index is 12.7. The molecule has 1 aliphatic heterocycles. The van der Waals surface area contributed by atoms with Gasteiger partial charge in [0.15, 0.2) is 0 Å². The Morgan fingerprint density at radius 3 is 2.63 bits per heavy atom. The number of benzene rings is 1. The molecule has 1 saturated heterocycles. The van der Waals surface area contributed by atoms with Crippen LogP contribution in [0.15, 0.2) is 24.3 Å². The first-order valence-corrected chi connectivity index (χ1v) is 6.44. The monoisotopic (exact) mass is 286 g/mol. The average Bonchev–Trinajstić information content (AvgIpc) is 2.88. The van der Waals surface area contributed by atoms with E-state index in [1.165, 1.54) is 12.1 Å². The van der Waals surface area contributed by atoms with E-state index >= 15 is 0 Å². The highest BCUT2D eigenvalue weighted by atomic mass is 35.5. The van der Waals surface area contributed by atoms with Gasteiger partial charge in [0, 0.05) is 6.54 Å². The molecule has 0 aliphatic carbocycles. The third-order valence-corrected chi connectivity index (χ3v) is 3.65. The predicted octanol–water partition coefficient (Wildman–Crippen LogP) is 2.40. The summed E-state index contributed by atoms with van der Waals surface area (Å²) >= 11 is 0. The van der Waals surface area contributed by atoms with Crippen LogP contribution in [0, 0.1) is 5.82 Å². The third-order valence-electron chi connectivity index (χ3n) is 3.65. The first-order chi connectivity index (χ1) is 8.66. The van der Waals surface area contributed by atoms with E-state index in [-0.39, 0.29) is 24.1 Å². The van der Waals surface area contributed by atoms with Crippen molar-refractivity contribution in [2.75, 3.05) is 6.54 Å². The van der Waals surface area contributed by atoms with Crippen LogP contribution in [0.3, 0.4) is 0 Å². The predicted molar refractivity (Wildman–Crippen MR) is 75.8 cm³/mol. The smallest absolute Gasteiger partial charge is 0.240 e. The van der Waals surface area contributed by atoms with Crippen molar-refractivity contribution in [2.45, 2.75) is 38.3 Å². The average molecular weight is 287 g/mol. The molecule has 0 saturated carbocycles. The van der Waals surface area contributed by atoms with E-state index in [2.05, 4.69) is 10.6 Å². The van der Waals surface area contributed by atoms with E-state index in [0.717, 1.165) is 31.4 Å². The van der Waals surface area contributed by atoms with Crippen LogP contribution in [0.2, 0.25) is 0 Å². The molecular formula is C14H20ClFN2O. The zero-order valence-electron chi connectivity index (χ0n) is 11.0. The molecule has 1 aliphatic rings. The summed E-state index contributed by atoms with van der Waals surface area (Å²) in [4.78, 5) is 12.2. The molecule has 19 heavy (non-hydrogen) atoms. The molecular weight excluding hydrogens is 267 g/mol. The minimum Gasteiger partial charge on any atom is -0.350 e. The molecule has 106 valence electrons. The van der Waals surface area contributed by atoms with Crippen LogP contribution in [-0.4, -0.2) is 18.0 Å². The zero-order valence-corrected chi connectivity index (χ0v) is 11.9. The maximum absolute atomic E-state index is 12.7. The third kappa shape index (κ3) is 3.67. The van der Waals surface area contributed by atoms with E-state index in [1.54, 1.807) is 12.1 Å². The summed E-state index contributed by atoms with van der Waals surface area (Å²) in [5.41, 5.74) is 0.508. The van der Waals surface area contributed by atoms with E-state index in [4.69, 9.17) is 0 Å². The molecule has 1 fully saturated rings. The molecule has 0 bridgehead atoms. The van der Waals surface area contributed by atoms with Crippen molar-refractivity contribution in [1.29, 1.82) is 0 Å². The molecule has 3 nitrogen and oxygen atoms in total. The minimum atomic E-state index is -0.403. The van der Waals surface area contributed by atoms with Crippen LogP contribution in [0.4, 0.5) is 4.39 Å². The van der Waals surface area contributed by atoms with Gasteiger partial charge in [0.25, 0.3) is 0 Å². The second kappa shape index (κ2) is 6.87. The number of amides is 1. The van der Waals surface area contributed by atoms with Crippen molar-refractivity contribution in [2.24, 2.45) is 0 Å². The quantitative estimate of drug-likeness (QED) is 0.892. The first kappa shape index (κ1) is 15.9. The summed E-state index contributed by atoms with van der Waals surface area (Å²) in [6, 6.07) is 6.20. The van der Waals surface area contributed by atoms with Crippen LogP contribution in [-0.2, 0) is 11.3 Å². The molecule has 5 heteroatoms. The molecule has 2 rings (SSSR count). The van der Waals surface area contributed by atoms with Crippen molar-refractivity contribution < 1.29 is 9.18 Å². The van der Waals surface area contributed by atoms with Crippen LogP contribution in [0.5, 0.6) is 0 Å². The number of hydrogen-bond acceptors (Lipinski definition) is 2. The standard InChI is InChI=1S/C14H19FN2O.ClH/c1-2-14(8-3-9-17-14)13(18)16-10-11-4-6-12(15)7-5-11;/h4-7,17H,2-3,8-10H2,1H3,(H,16,18);1H. The Morgan fingerprint density at radius 1 is 1.42 bits per heavy atom. The van der Waals surface area contributed by atoms with Gasteiger partial charge in [-0.3, -0.25) is 4.79 Å². The summed E-state index contributed by atoms with van der Waals surface area (Å²) in [5, 5.41) is 6.22. The van der Waals surface area contributed by atoms with Crippen LogP contribution < -0.4 is 10.6 Å². The SMILES string of the molecule is CCC1(C(=O)NCc2ccc(F)cc2)CCCN1.Cl. The Kier molecular flexibility index (Phi) is 5.76. The van der Waals surface area contributed by atoms with Crippen molar-refractivity contribution in [3.8, 4) is 0 Å². The largest absolute Gasteiger partial charge is 0.350 e. The fourth-order valence-corrected chi connectivity index (χ4v) is 2.42. The van der Waals surface area contributed by atoms with Crippen LogP contribution in [0.25, 0.3) is 0 Å². The number of halogens is 2. The minimum absolute atomic E-state index is 0. The lowest BCUT2D eigenvalue weighted by Crippen LogP contribution is -2.52. The number of rotatable bonds is 4. The Morgan fingerprint density at radius 2 is 2.11 bits per heavy atom. The Bertz CT molecular complexity index is 416. The van der Waals surface area contributed by atoms with E-state index < -0.39 is 5.54 Å². The molecule has 0 radical (unpaired) electrons. The number of nitrogens with one attached hydrogen (secondary N) is 2. The molecule has 1 aromatic rings. The summed E-state index contributed by atoms with van der Waals surface area (Å²) in [7, 11) is 0. The van der Waals surface area contributed by atoms with Crippen LogP contribution >= 0.6 is 12.4 Å². The molecule has 0 spiro atoms. The summed E-state index contributed by atoms with van der Waals surface area (Å²) in [5.74, 6) is -0.209. The van der Waals surface area contributed by atoms with Gasteiger partial charge in [0.2, 0.25) is 5.91 Å². The van der Waals surface area contributed by atoms with Gasteiger partial charge < -0.3 is 10.6 Å². The van der Waals surface area contributed by atoms with Crippen LogP contribution in [0.1, 0.15) is 31.7 Å². The summed E-state index contributed by atoms with van der Waals surface area (Å²) in [6.07, 6.45) is 2.72. The lowest BCUT2D eigenvalue weighted by Gasteiger charge is -2.26. The van der Waals surface area contributed by atoms with Gasteiger partial charge in [-0.25, -0.2) is 4.39 Å². The molecule has 0 aromatic heterocycles. The maximum Gasteiger partial charge on any atom is 0.240 e. The molecule has 1 heterocycles. The number of carbonyl (C=O) groups excluding carboxylic acids is 1. The molecule has 1 unspecified atom stereocenters. The topological polar surface area (TPSA) is 41.1 Å². The fourth-order valence-electron chi connectivity index (χ4n) is 2.42. The number of hydrogen-bond donors (Lipinski definition) is 2. The molecule has 2 N–H and O–H groups in total. The highest BCUT2D eigenvalue weighted by Gasteiger charge is 2.38. The van der Waals surface area contributed by atoms with Gasteiger partial charge in [-0.15, -0.1) is 12.4 Å². The lowest BCUT2D eigenvalue weighted by atomic mass is 9.93. The summed E-state index contributed by atoms with van der Waals surface area (Å²) < 4.78 is 12.7. The van der Waals surface area contributed by atoms with Crippen molar-refractivity contribution in [1.82, 2.24) is 10.6 Å². The summed E-state index contributed by atoms with van der Waals surface area (Å²) in [6.45, 7) is 3.37.